The normalized spacial score (nSPS) is 12.6. The molecule has 0 rings (SSSR count). The van der Waals surface area contributed by atoms with Gasteiger partial charge in [-0.3, -0.25) is 0 Å². The molecule has 0 amide bonds. The lowest BCUT2D eigenvalue weighted by Crippen LogP contribution is -2.60. The Labute approximate surface area is 181 Å². The van der Waals surface area contributed by atoms with Crippen LogP contribution in [0.15, 0.2) is 0 Å². The Hall–Kier alpha value is 0.154. The van der Waals surface area contributed by atoms with Crippen LogP contribution in [0, 0.1) is 0 Å². The van der Waals surface area contributed by atoms with Crippen LogP contribution in [0.1, 0.15) is 80.1 Å². The maximum Gasteiger partial charge on any atom is 0.515 e. The maximum absolute atomic E-state index is 6.17. The zero-order valence-electron chi connectivity index (χ0n) is 19.8. The van der Waals surface area contributed by atoms with Gasteiger partial charge in [-0.1, -0.05) is 41.5 Å². The van der Waals surface area contributed by atoms with Crippen molar-refractivity contribution in [1.29, 1.82) is 0 Å². The van der Waals surface area contributed by atoms with E-state index in [1.165, 1.54) is 0 Å². The second kappa shape index (κ2) is 18.9. The molecule has 0 aliphatic carbocycles. The molecule has 0 radical (unpaired) electrons. The third-order valence-corrected chi connectivity index (χ3v) is 9.07. The summed E-state index contributed by atoms with van der Waals surface area (Å²) in [5.41, 5.74) is 0. The zero-order valence-corrected chi connectivity index (χ0v) is 21.8. The van der Waals surface area contributed by atoms with Crippen molar-refractivity contribution in [3.05, 3.63) is 0 Å². The van der Waals surface area contributed by atoms with Gasteiger partial charge in [-0.05, 0) is 38.5 Å². The van der Waals surface area contributed by atoms with E-state index in [1.807, 2.05) is 0 Å². The van der Waals surface area contributed by atoms with E-state index >= 15 is 0 Å². The molecule has 0 aliphatic rings. The Bertz CT molecular complexity index is 290. The molecule has 0 saturated carbocycles. The van der Waals surface area contributed by atoms with Crippen LogP contribution in [0.4, 0.5) is 0 Å². The van der Waals surface area contributed by atoms with E-state index in [-0.39, 0.29) is 0 Å². The van der Waals surface area contributed by atoms with Crippen LogP contribution in [0.25, 0.3) is 0 Å². The third-order valence-electron chi connectivity index (χ3n) is 3.84. The van der Waals surface area contributed by atoms with Crippen molar-refractivity contribution >= 4 is 17.6 Å². The van der Waals surface area contributed by atoms with E-state index in [9.17, 15) is 0 Å². The molecular formula is C20H47NO6Si2. The van der Waals surface area contributed by atoms with Crippen molar-refractivity contribution in [3.63, 3.8) is 0 Å². The Balaban J connectivity index is 5.21. The van der Waals surface area contributed by atoms with Crippen LogP contribution in [-0.4, -0.2) is 69.6 Å². The van der Waals surface area contributed by atoms with Gasteiger partial charge in [0.05, 0.1) is 12.3 Å². The van der Waals surface area contributed by atoms with Crippen LogP contribution in [0.5, 0.6) is 0 Å². The Morgan fingerprint density at radius 3 is 0.793 bits per heavy atom. The number of rotatable bonds is 22. The second-order valence-electron chi connectivity index (χ2n) is 7.06. The first kappa shape index (κ1) is 29.2. The van der Waals surface area contributed by atoms with Crippen molar-refractivity contribution in [2.75, 3.05) is 52.0 Å². The van der Waals surface area contributed by atoms with Crippen LogP contribution in [0.2, 0.25) is 0 Å². The van der Waals surface area contributed by atoms with Crippen LogP contribution < -0.4 is 5.32 Å². The number of nitrogens with one attached hydrogen (secondary N) is 1. The molecule has 7 nitrogen and oxygen atoms in total. The monoisotopic (exact) mass is 453 g/mol. The van der Waals surface area contributed by atoms with Gasteiger partial charge in [-0.2, -0.15) is 0 Å². The third kappa shape index (κ3) is 13.2. The van der Waals surface area contributed by atoms with Gasteiger partial charge in [0.15, 0.2) is 0 Å². The van der Waals surface area contributed by atoms with E-state index < -0.39 is 17.6 Å². The lowest BCUT2D eigenvalue weighted by Gasteiger charge is -2.33. The Kier molecular flexibility index (Phi) is 19.0. The summed E-state index contributed by atoms with van der Waals surface area (Å²) in [6.45, 7) is 16.4. The number of hydrogen-bond acceptors (Lipinski definition) is 7. The average Bonchev–Trinajstić information content (AvgIpc) is 2.75. The molecule has 1 N–H and O–H groups in total. The van der Waals surface area contributed by atoms with Gasteiger partial charge in [-0.25, -0.2) is 0 Å². The van der Waals surface area contributed by atoms with E-state index in [4.69, 9.17) is 26.6 Å². The van der Waals surface area contributed by atoms with Crippen LogP contribution in [-0.2, 0) is 26.6 Å². The summed E-state index contributed by atoms with van der Waals surface area (Å²) in [5, 5.41) is 3.49. The van der Waals surface area contributed by atoms with E-state index in [0.29, 0.717) is 52.0 Å². The quantitative estimate of drug-likeness (QED) is 0.248. The first-order chi connectivity index (χ1) is 14.1. The molecule has 0 fully saturated rings. The van der Waals surface area contributed by atoms with Gasteiger partial charge < -0.3 is 31.9 Å². The molecule has 0 aromatic rings. The van der Waals surface area contributed by atoms with Gasteiger partial charge in [0.2, 0.25) is 0 Å². The molecule has 0 spiro atoms. The maximum atomic E-state index is 6.17. The minimum absolute atomic E-state index is 0.530. The zero-order chi connectivity index (χ0) is 21.8. The summed E-state index contributed by atoms with van der Waals surface area (Å²) in [4.78, 5) is 0. The highest BCUT2D eigenvalue weighted by atomic mass is 28.4. The molecule has 0 bridgehead atoms. The summed E-state index contributed by atoms with van der Waals surface area (Å²) >= 11 is 0. The van der Waals surface area contributed by atoms with Gasteiger partial charge >= 0.3 is 17.6 Å². The predicted molar refractivity (Wildman–Crippen MR) is 122 cm³/mol. The van der Waals surface area contributed by atoms with E-state index in [0.717, 1.165) is 38.5 Å². The fraction of sp³-hybridized carbons (Fsp3) is 1.00. The summed E-state index contributed by atoms with van der Waals surface area (Å²) in [5.74, 6) is 0. The topological polar surface area (TPSA) is 67.4 Å². The molecule has 9 heteroatoms. The summed E-state index contributed by atoms with van der Waals surface area (Å²) in [6, 6.07) is 0. The Morgan fingerprint density at radius 2 is 0.621 bits per heavy atom. The minimum atomic E-state index is -2.81. The van der Waals surface area contributed by atoms with Crippen molar-refractivity contribution in [3.8, 4) is 0 Å². The molecule has 29 heavy (non-hydrogen) atoms. The summed E-state index contributed by atoms with van der Waals surface area (Å²) in [6.07, 6.45) is 6.63. The van der Waals surface area contributed by atoms with Crippen molar-refractivity contribution < 1.29 is 26.6 Å². The van der Waals surface area contributed by atoms with Crippen molar-refractivity contribution in [2.24, 2.45) is 0 Å². The molecule has 0 atom stereocenters. The van der Waals surface area contributed by atoms with Crippen LogP contribution >= 0.6 is 0 Å². The minimum Gasteiger partial charge on any atom is -0.373 e. The smallest absolute Gasteiger partial charge is 0.373 e. The van der Waals surface area contributed by atoms with Gasteiger partial charge in [-0.15, -0.1) is 0 Å². The molecule has 0 unspecified atom stereocenters. The SMILES string of the molecule is CCCO[Si](CNC[Si](OCCC)(OCCC)OCCC)(OCCC)OCCC. The average molecular weight is 454 g/mol. The predicted octanol–water partition coefficient (Wildman–Crippen LogP) is 4.09. The molecule has 176 valence electrons. The number of hydrogen-bond donors (Lipinski definition) is 1. The standard InChI is InChI=1S/C20H47NO6Si2/c1-7-13-22-28(23-14-8-2,24-15-9-3)19-21-20-29(25-16-10-4,26-17-11-5)27-18-12-6/h21H,7-20H2,1-6H3. The van der Waals surface area contributed by atoms with Gasteiger partial charge in [0.25, 0.3) is 0 Å². The largest absolute Gasteiger partial charge is 0.515 e. The Morgan fingerprint density at radius 1 is 0.414 bits per heavy atom. The lowest BCUT2D eigenvalue weighted by molar-refractivity contribution is 0.0515. The first-order valence-corrected chi connectivity index (χ1v) is 15.5. The molecule has 0 saturated heterocycles. The lowest BCUT2D eigenvalue weighted by atomic mass is 10.5. The van der Waals surface area contributed by atoms with Crippen molar-refractivity contribution in [2.45, 2.75) is 80.1 Å². The molecule has 0 heterocycles. The van der Waals surface area contributed by atoms with E-state index in [2.05, 4.69) is 46.9 Å². The second-order valence-corrected chi connectivity index (χ2v) is 12.2. The summed E-state index contributed by atoms with van der Waals surface area (Å²) in [7, 11) is -5.62. The fourth-order valence-electron chi connectivity index (χ4n) is 2.47. The van der Waals surface area contributed by atoms with Gasteiger partial charge in [0.1, 0.15) is 0 Å². The molecular weight excluding hydrogens is 406 g/mol. The highest BCUT2D eigenvalue weighted by Gasteiger charge is 2.45. The fourth-order valence-corrected chi connectivity index (χ4v) is 7.79. The van der Waals surface area contributed by atoms with Gasteiger partial charge in [0, 0.05) is 39.6 Å². The van der Waals surface area contributed by atoms with E-state index in [1.54, 1.807) is 0 Å². The molecule has 0 aliphatic heterocycles. The highest BCUT2D eigenvalue weighted by Crippen LogP contribution is 2.14. The van der Waals surface area contributed by atoms with Crippen molar-refractivity contribution in [1.82, 2.24) is 5.32 Å². The molecule has 0 aromatic carbocycles. The molecule has 0 aromatic heterocycles. The summed E-state index contributed by atoms with van der Waals surface area (Å²) < 4.78 is 37.0. The first-order valence-electron chi connectivity index (χ1n) is 11.6. The van der Waals surface area contributed by atoms with Crippen LogP contribution in [0.3, 0.4) is 0 Å². The highest BCUT2D eigenvalue weighted by molar-refractivity contribution is 6.62.